The van der Waals surface area contributed by atoms with Crippen LogP contribution in [0.25, 0.3) is 0 Å². The SMILES string of the molecule is CCCCCCCCCCCCC/C=C/CC/C=C/C(O)C(COP(=O)(O)OC1C(O)C(O)C(O)C(O)C1O)NC(=O)CC(O)CCCCCCCCCCCCCCCCCCCCC. The van der Waals surface area contributed by atoms with E-state index < -0.39 is 75.2 Å². The lowest BCUT2D eigenvalue weighted by atomic mass is 9.85. The summed E-state index contributed by atoms with van der Waals surface area (Å²) in [4.78, 5) is 23.5. The minimum Gasteiger partial charge on any atom is -0.393 e. The molecule has 8 atom stereocenters. The number of hydrogen-bond acceptors (Lipinski definition) is 11. The van der Waals surface area contributed by atoms with E-state index in [2.05, 4.69) is 31.3 Å². The van der Waals surface area contributed by atoms with Crippen LogP contribution in [0.3, 0.4) is 0 Å². The molecule has 0 saturated heterocycles. The maximum atomic E-state index is 13.1. The van der Waals surface area contributed by atoms with Gasteiger partial charge in [0.2, 0.25) is 5.91 Å². The number of carbonyl (C=O) groups is 1. The summed E-state index contributed by atoms with van der Waals surface area (Å²) in [5.74, 6) is -0.598. The molecule has 390 valence electrons. The van der Waals surface area contributed by atoms with Gasteiger partial charge in [0.1, 0.15) is 36.6 Å². The Morgan fingerprint density at radius 2 is 0.894 bits per heavy atom. The van der Waals surface area contributed by atoms with Gasteiger partial charge in [-0.05, 0) is 32.1 Å². The van der Waals surface area contributed by atoms with Crippen LogP contribution in [0, 0.1) is 0 Å². The molecule has 13 nitrogen and oxygen atoms in total. The monoisotopic (exact) mass is 962 g/mol. The lowest BCUT2D eigenvalue weighted by molar-refractivity contribution is -0.220. The van der Waals surface area contributed by atoms with Crippen molar-refractivity contribution < 1.29 is 59.0 Å². The van der Waals surface area contributed by atoms with Gasteiger partial charge in [-0.3, -0.25) is 13.8 Å². The number of phosphoric ester groups is 1. The highest BCUT2D eigenvalue weighted by molar-refractivity contribution is 7.47. The molecule has 1 fully saturated rings. The number of aliphatic hydroxyl groups excluding tert-OH is 7. The molecule has 1 saturated carbocycles. The van der Waals surface area contributed by atoms with Crippen molar-refractivity contribution in [3.8, 4) is 0 Å². The van der Waals surface area contributed by atoms with E-state index in [0.29, 0.717) is 12.8 Å². The largest absolute Gasteiger partial charge is 0.472 e. The van der Waals surface area contributed by atoms with Crippen LogP contribution in [0.4, 0.5) is 0 Å². The maximum absolute atomic E-state index is 13.1. The van der Waals surface area contributed by atoms with Gasteiger partial charge in [-0.1, -0.05) is 224 Å². The molecule has 9 N–H and O–H groups in total. The fourth-order valence-corrected chi connectivity index (χ4v) is 9.64. The number of amides is 1. The molecule has 1 rings (SSSR count). The van der Waals surface area contributed by atoms with Crippen molar-refractivity contribution in [3.63, 3.8) is 0 Å². The molecule has 14 heteroatoms. The summed E-state index contributed by atoms with van der Waals surface area (Å²) < 4.78 is 22.9. The second-order valence-corrected chi connectivity index (χ2v) is 20.7. The molecule has 0 aliphatic heterocycles. The van der Waals surface area contributed by atoms with E-state index >= 15 is 0 Å². The van der Waals surface area contributed by atoms with Gasteiger partial charge in [-0.2, -0.15) is 0 Å². The smallest absolute Gasteiger partial charge is 0.393 e. The number of nitrogens with one attached hydrogen (secondary N) is 1. The normalized spacial score (nSPS) is 22.5. The van der Waals surface area contributed by atoms with Crippen molar-refractivity contribution >= 4 is 13.7 Å². The summed E-state index contributed by atoms with van der Waals surface area (Å²) in [5, 5.41) is 74.7. The van der Waals surface area contributed by atoms with Gasteiger partial charge in [-0.25, -0.2) is 4.57 Å². The van der Waals surface area contributed by atoms with Gasteiger partial charge < -0.3 is 46.0 Å². The average Bonchev–Trinajstić information content (AvgIpc) is 3.29. The van der Waals surface area contributed by atoms with E-state index in [1.807, 2.05) is 0 Å². The van der Waals surface area contributed by atoms with Gasteiger partial charge in [0, 0.05) is 0 Å². The zero-order chi connectivity index (χ0) is 48.7. The molecule has 1 aliphatic rings. The van der Waals surface area contributed by atoms with E-state index in [4.69, 9.17) is 9.05 Å². The van der Waals surface area contributed by atoms with Crippen LogP contribution in [-0.2, 0) is 18.4 Å². The van der Waals surface area contributed by atoms with Crippen LogP contribution < -0.4 is 5.32 Å². The van der Waals surface area contributed by atoms with Crippen molar-refractivity contribution in [2.24, 2.45) is 0 Å². The van der Waals surface area contributed by atoms with E-state index in [1.165, 1.54) is 167 Å². The molecular formula is C52H100NO12P. The van der Waals surface area contributed by atoms with E-state index in [9.17, 15) is 50.0 Å². The van der Waals surface area contributed by atoms with Crippen LogP contribution in [-0.4, -0.2) is 108 Å². The van der Waals surface area contributed by atoms with E-state index in [-0.39, 0.29) is 6.42 Å². The third-order valence-electron chi connectivity index (χ3n) is 13.0. The summed E-state index contributed by atoms with van der Waals surface area (Å²) in [7, 11) is -5.15. The minimum absolute atomic E-state index is 0.248. The molecule has 0 bridgehead atoms. The average molecular weight is 962 g/mol. The van der Waals surface area contributed by atoms with Gasteiger partial charge in [-0.15, -0.1) is 0 Å². The standard InChI is InChI=1S/C52H100NO12P/c1-3-5-7-9-11-13-15-17-19-21-22-24-25-27-29-31-33-35-37-39-43(54)41-46(56)53-44(42-64-66(62,63)65-52-50(60)48(58)47(57)49(59)51(52)61)45(55)40-38-36-34-32-30-28-26-23-20-18-16-14-12-10-8-6-4-2/h30,32,38,40,43-45,47-52,54-55,57-61H,3-29,31,33-37,39,41-42H2,1-2H3,(H,53,56)(H,62,63)/b32-30+,40-38+. The van der Waals surface area contributed by atoms with Crippen LogP contribution in [0.5, 0.6) is 0 Å². The molecule has 0 aromatic carbocycles. The number of unbranched alkanes of at least 4 members (excludes halogenated alkanes) is 30. The van der Waals surface area contributed by atoms with Gasteiger partial charge in [0.05, 0.1) is 31.3 Å². The number of hydrogen-bond donors (Lipinski definition) is 9. The third-order valence-corrected chi connectivity index (χ3v) is 14.0. The highest BCUT2D eigenvalue weighted by Gasteiger charge is 2.51. The second kappa shape index (κ2) is 41.6. The zero-order valence-electron chi connectivity index (χ0n) is 41.6. The Bertz CT molecular complexity index is 1230. The first kappa shape index (κ1) is 62.8. The maximum Gasteiger partial charge on any atom is 0.472 e. The van der Waals surface area contributed by atoms with Crippen LogP contribution in [0.15, 0.2) is 24.3 Å². The Hall–Kier alpha value is -1.22. The molecule has 0 heterocycles. The summed E-state index contributed by atoms with van der Waals surface area (Å²) in [6.45, 7) is 3.76. The Morgan fingerprint density at radius 3 is 1.33 bits per heavy atom. The van der Waals surface area contributed by atoms with Crippen molar-refractivity contribution in [1.82, 2.24) is 5.32 Å². The summed E-state index contributed by atoms with van der Waals surface area (Å²) in [6, 6.07) is -1.25. The van der Waals surface area contributed by atoms with Crippen LogP contribution in [0.2, 0.25) is 0 Å². The van der Waals surface area contributed by atoms with Gasteiger partial charge >= 0.3 is 7.82 Å². The molecule has 1 aliphatic carbocycles. The molecule has 8 unspecified atom stereocenters. The Morgan fingerprint density at radius 1 is 0.530 bits per heavy atom. The topological polar surface area (TPSA) is 226 Å². The number of allylic oxidation sites excluding steroid dienone is 3. The van der Waals surface area contributed by atoms with Crippen molar-refractivity contribution in [2.75, 3.05) is 6.61 Å². The number of aliphatic hydroxyl groups is 7. The molecule has 1 amide bonds. The van der Waals surface area contributed by atoms with Crippen LogP contribution >= 0.6 is 7.82 Å². The second-order valence-electron chi connectivity index (χ2n) is 19.3. The fraction of sp³-hybridized carbons (Fsp3) is 0.904. The molecule has 0 aromatic rings. The first-order valence-electron chi connectivity index (χ1n) is 26.9. The van der Waals surface area contributed by atoms with Gasteiger partial charge in [0.25, 0.3) is 0 Å². The van der Waals surface area contributed by atoms with Crippen LogP contribution in [0.1, 0.15) is 239 Å². The first-order valence-corrected chi connectivity index (χ1v) is 28.4. The fourth-order valence-electron chi connectivity index (χ4n) is 8.67. The predicted molar refractivity (Wildman–Crippen MR) is 266 cm³/mol. The zero-order valence-corrected chi connectivity index (χ0v) is 42.5. The molecular weight excluding hydrogens is 862 g/mol. The lowest BCUT2D eigenvalue weighted by Gasteiger charge is -2.41. The predicted octanol–water partition coefficient (Wildman–Crippen LogP) is 10.3. The van der Waals surface area contributed by atoms with E-state index in [0.717, 1.165) is 44.9 Å². The Labute approximate surface area is 401 Å². The summed E-state index contributed by atoms with van der Waals surface area (Å²) in [6.07, 6.45) is 34.1. The number of carbonyl (C=O) groups excluding carboxylic acids is 1. The van der Waals surface area contributed by atoms with Gasteiger partial charge in [0.15, 0.2) is 0 Å². The lowest BCUT2D eigenvalue weighted by Crippen LogP contribution is -2.64. The quantitative estimate of drug-likeness (QED) is 0.0158. The molecule has 66 heavy (non-hydrogen) atoms. The van der Waals surface area contributed by atoms with Crippen molar-refractivity contribution in [3.05, 3.63) is 24.3 Å². The molecule has 0 radical (unpaired) electrons. The summed E-state index contributed by atoms with van der Waals surface area (Å²) >= 11 is 0. The summed E-state index contributed by atoms with van der Waals surface area (Å²) in [5.41, 5.74) is 0. The van der Waals surface area contributed by atoms with Crippen molar-refractivity contribution in [2.45, 2.75) is 293 Å². The Balaban J connectivity index is 2.47. The van der Waals surface area contributed by atoms with Crippen molar-refractivity contribution in [1.29, 1.82) is 0 Å². The van der Waals surface area contributed by atoms with E-state index in [1.54, 1.807) is 6.08 Å². The highest BCUT2D eigenvalue weighted by Crippen LogP contribution is 2.47. The first-order chi connectivity index (χ1) is 31.8. The molecule has 0 spiro atoms. The Kier molecular flexibility index (Phi) is 39.5. The third kappa shape index (κ3) is 32.6. The molecule has 0 aromatic heterocycles. The number of rotatable bonds is 45. The minimum atomic E-state index is -5.15. The number of phosphoric acid groups is 1. The highest BCUT2D eigenvalue weighted by atomic mass is 31.2.